The number of rotatable bonds is 5. The lowest BCUT2D eigenvalue weighted by Gasteiger charge is -2.31. The predicted octanol–water partition coefficient (Wildman–Crippen LogP) is 3.06. The maximum atomic E-state index is 12.5. The van der Waals surface area contributed by atoms with Gasteiger partial charge in [0.1, 0.15) is 0 Å². The van der Waals surface area contributed by atoms with Crippen LogP contribution in [0.15, 0.2) is 54.6 Å². The molecule has 1 aliphatic heterocycles. The van der Waals surface area contributed by atoms with Crippen molar-refractivity contribution in [2.45, 2.75) is 26.2 Å². The second-order valence-electron chi connectivity index (χ2n) is 7.07. The number of carbonyl (C=O) groups is 3. The Hall–Kier alpha value is -3.15. The van der Waals surface area contributed by atoms with Crippen LogP contribution >= 0.6 is 0 Å². The number of piperidine rings is 1. The summed E-state index contributed by atoms with van der Waals surface area (Å²) in [4.78, 5) is 37.8. The fourth-order valence-corrected chi connectivity index (χ4v) is 3.36. The van der Waals surface area contributed by atoms with E-state index in [1.54, 1.807) is 24.3 Å². The average molecular weight is 379 g/mol. The van der Waals surface area contributed by atoms with Crippen molar-refractivity contribution in [2.75, 3.05) is 23.7 Å². The summed E-state index contributed by atoms with van der Waals surface area (Å²) in [6.07, 6.45) is 1.73. The van der Waals surface area contributed by atoms with E-state index in [1.165, 1.54) is 6.92 Å². The van der Waals surface area contributed by atoms with Gasteiger partial charge in [0.05, 0.1) is 6.42 Å². The summed E-state index contributed by atoms with van der Waals surface area (Å²) >= 11 is 0. The number of hydrogen-bond acceptors (Lipinski definition) is 3. The SMILES string of the molecule is CC(=O)Nc1ccc(NC(=O)C2CCN(C(=O)Cc3ccccc3)CC2)cc1. The third kappa shape index (κ3) is 5.42. The lowest BCUT2D eigenvalue weighted by Crippen LogP contribution is -2.42. The van der Waals surface area contributed by atoms with Crippen LogP contribution in [0.4, 0.5) is 11.4 Å². The highest BCUT2D eigenvalue weighted by molar-refractivity contribution is 5.93. The molecule has 3 amide bonds. The van der Waals surface area contributed by atoms with Crippen molar-refractivity contribution < 1.29 is 14.4 Å². The first-order chi connectivity index (χ1) is 13.5. The number of carbonyl (C=O) groups excluding carboxylic acids is 3. The van der Waals surface area contributed by atoms with E-state index in [-0.39, 0.29) is 23.6 Å². The molecule has 1 fully saturated rings. The first kappa shape index (κ1) is 19.6. The second-order valence-corrected chi connectivity index (χ2v) is 7.07. The van der Waals surface area contributed by atoms with Gasteiger partial charge in [-0.2, -0.15) is 0 Å². The highest BCUT2D eigenvalue weighted by Crippen LogP contribution is 2.21. The predicted molar refractivity (Wildman–Crippen MR) is 109 cm³/mol. The number of hydrogen-bond donors (Lipinski definition) is 2. The largest absolute Gasteiger partial charge is 0.342 e. The Labute approximate surface area is 164 Å². The van der Waals surface area contributed by atoms with Gasteiger partial charge >= 0.3 is 0 Å². The smallest absolute Gasteiger partial charge is 0.227 e. The Morgan fingerprint density at radius 1 is 0.893 bits per heavy atom. The van der Waals surface area contributed by atoms with Crippen molar-refractivity contribution in [3.63, 3.8) is 0 Å². The van der Waals surface area contributed by atoms with Crippen molar-refractivity contribution >= 4 is 29.1 Å². The van der Waals surface area contributed by atoms with Crippen LogP contribution in [-0.2, 0) is 20.8 Å². The third-order valence-corrected chi connectivity index (χ3v) is 4.89. The average Bonchev–Trinajstić information content (AvgIpc) is 2.70. The molecule has 6 nitrogen and oxygen atoms in total. The third-order valence-electron chi connectivity index (χ3n) is 4.89. The zero-order chi connectivity index (χ0) is 19.9. The molecule has 0 atom stereocenters. The molecule has 0 bridgehead atoms. The van der Waals surface area contributed by atoms with Crippen LogP contribution < -0.4 is 10.6 Å². The van der Waals surface area contributed by atoms with Crippen molar-refractivity contribution in [3.05, 3.63) is 60.2 Å². The van der Waals surface area contributed by atoms with Gasteiger partial charge in [0.2, 0.25) is 17.7 Å². The van der Waals surface area contributed by atoms with Gasteiger partial charge in [-0.1, -0.05) is 30.3 Å². The summed E-state index contributed by atoms with van der Waals surface area (Å²) in [5.74, 6) is -0.151. The lowest BCUT2D eigenvalue weighted by atomic mass is 9.95. The molecule has 0 saturated carbocycles. The summed E-state index contributed by atoms with van der Waals surface area (Å²) < 4.78 is 0. The summed E-state index contributed by atoms with van der Waals surface area (Å²) in [7, 11) is 0. The van der Waals surface area contributed by atoms with Gasteiger partial charge in [0, 0.05) is 37.3 Å². The highest BCUT2D eigenvalue weighted by Gasteiger charge is 2.27. The first-order valence-electron chi connectivity index (χ1n) is 9.51. The van der Waals surface area contributed by atoms with Crippen LogP contribution in [0.1, 0.15) is 25.3 Å². The van der Waals surface area contributed by atoms with E-state index in [0.717, 1.165) is 5.56 Å². The fraction of sp³-hybridized carbons (Fsp3) is 0.318. The van der Waals surface area contributed by atoms with E-state index in [0.29, 0.717) is 43.7 Å². The maximum Gasteiger partial charge on any atom is 0.227 e. The zero-order valence-electron chi connectivity index (χ0n) is 16.0. The van der Waals surface area contributed by atoms with E-state index in [4.69, 9.17) is 0 Å². The molecule has 0 unspecified atom stereocenters. The Balaban J connectivity index is 1.47. The number of amides is 3. The minimum Gasteiger partial charge on any atom is -0.342 e. The maximum absolute atomic E-state index is 12.5. The van der Waals surface area contributed by atoms with Crippen LogP contribution in [0, 0.1) is 5.92 Å². The molecule has 0 spiro atoms. The van der Waals surface area contributed by atoms with Crippen LogP contribution in [0.3, 0.4) is 0 Å². The van der Waals surface area contributed by atoms with Crippen LogP contribution in [0.25, 0.3) is 0 Å². The van der Waals surface area contributed by atoms with Crippen molar-refractivity contribution in [1.82, 2.24) is 4.90 Å². The number of likely N-dealkylation sites (tertiary alicyclic amines) is 1. The topological polar surface area (TPSA) is 78.5 Å². The first-order valence-corrected chi connectivity index (χ1v) is 9.51. The Kier molecular flexibility index (Phi) is 6.42. The second kappa shape index (κ2) is 9.17. The molecule has 2 aromatic rings. The molecule has 1 aliphatic rings. The van der Waals surface area contributed by atoms with E-state index < -0.39 is 0 Å². The number of anilines is 2. The normalized spacial score (nSPS) is 14.4. The van der Waals surface area contributed by atoms with Gasteiger partial charge in [-0.15, -0.1) is 0 Å². The van der Waals surface area contributed by atoms with Gasteiger partial charge in [0.15, 0.2) is 0 Å². The van der Waals surface area contributed by atoms with Crippen molar-refractivity contribution in [1.29, 1.82) is 0 Å². The molecule has 1 heterocycles. The molecule has 1 saturated heterocycles. The Bertz CT molecular complexity index is 826. The van der Waals surface area contributed by atoms with Gasteiger partial charge in [-0.3, -0.25) is 14.4 Å². The summed E-state index contributed by atoms with van der Waals surface area (Å²) in [5.41, 5.74) is 2.40. The number of nitrogens with zero attached hydrogens (tertiary/aromatic N) is 1. The van der Waals surface area contributed by atoms with E-state index in [9.17, 15) is 14.4 Å². The molecular weight excluding hydrogens is 354 g/mol. The minimum absolute atomic E-state index is 0.0255. The minimum atomic E-state index is -0.134. The summed E-state index contributed by atoms with van der Waals surface area (Å²) in [5, 5.41) is 5.61. The molecule has 28 heavy (non-hydrogen) atoms. The van der Waals surface area contributed by atoms with E-state index in [1.807, 2.05) is 35.2 Å². The molecular formula is C22H25N3O3. The van der Waals surface area contributed by atoms with E-state index >= 15 is 0 Å². The molecule has 0 radical (unpaired) electrons. The van der Waals surface area contributed by atoms with Crippen LogP contribution in [0.2, 0.25) is 0 Å². The molecule has 0 aliphatic carbocycles. The molecule has 6 heteroatoms. The van der Waals surface area contributed by atoms with E-state index in [2.05, 4.69) is 10.6 Å². The highest BCUT2D eigenvalue weighted by atomic mass is 16.2. The van der Waals surface area contributed by atoms with Crippen molar-refractivity contribution in [2.24, 2.45) is 5.92 Å². The van der Waals surface area contributed by atoms with Crippen LogP contribution in [-0.4, -0.2) is 35.7 Å². The quantitative estimate of drug-likeness (QED) is 0.838. The Morgan fingerprint density at radius 3 is 2.04 bits per heavy atom. The molecule has 3 rings (SSSR count). The molecule has 0 aromatic heterocycles. The monoisotopic (exact) mass is 379 g/mol. The van der Waals surface area contributed by atoms with Gasteiger partial charge in [-0.05, 0) is 42.7 Å². The Morgan fingerprint density at radius 2 is 1.46 bits per heavy atom. The van der Waals surface area contributed by atoms with Crippen molar-refractivity contribution in [3.8, 4) is 0 Å². The zero-order valence-corrected chi connectivity index (χ0v) is 16.0. The summed E-state index contributed by atoms with van der Waals surface area (Å²) in [6.45, 7) is 2.66. The van der Waals surface area contributed by atoms with Crippen LogP contribution in [0.5, 0.6) is 0 Å². The molecule has 2 aromatic carbocycles. The molecule has 2 N–H and O–H groups in total. The summed E-state index contributed by atoms with van der Waals surface area (Å²) in [6, 6.07) is 16.7. The number of nitrogens with one attached hydrogen (secondary N) is 2. The lowest BCUT2D eigenvalue weighted by molar-refractivity contribution is -0.133. The van der Waals surface area contributed by atoms with Gasteiger partial charge in [-0.25, -0.2) is 0 Å². The fourth-order valence-electron chi connectivity index (χ4n) is 3.36. The molecule has 146 valence electrons. The van der Waals surface area contributed by atoms with Gasteiger partial charge in [0.25, 0.3) is 0 Å². The van der Waals surface area contributed by atoms with Gasteiger partial charge < -0.3 is 15.5 Å². The standard InChI is InChI=1S/C22H25N3O3/c1-16(26)23-19-7-9-20(10-8-19)24-22(28)18-11-13-25(14-12-18)21(27)15-17-5-3-2-4-6-17/h2-10,18H,11-15H2,1H3,(H,23,26)(H,24,28). The number of benzene rings is 2.